The van der Waals surface area contributed by atoms with Crippen molar-refractivity contribution in [1.82, 2.24) is 0 Å². The molecule has 4 heteroatoms. The van der Waals surface area contributed by atoms with Gasteiger partial charge in [-0.25, -0.2) is 0 Å². The molecule has 3 atom stereocenters. The number of methoxy groups -OCH3 is 1. The van der Waals surface area contributed by atoms with E-state index in [0.29, 0.717) is 0 Å². The van der Waals surface area contributed by atoms with Crippen molar-refractivity contribution in [2.24, 2.45) is 11.7 Å². The Labute approximate surface area is 78.1 Å². The maximum absolute atomic E-state index is 10.7. The van der Waals surface area contributed by atoms with Crippen molar-refractivity contribution in [2.45, 2.75) is 37.8 Å². The van der Waals surface area contributed by atoms with Crippen molar-refractivity contribution in [3.05, 3.63) is 0 Å². The standard InChI is InChI=1S/C9H17NO3/c1-13-7-5-3-2-4-6(7)8(10)9(11)12/h6-8H,2-5,10H2,1H3,(H,11,12). The minimum Gasteiger partial charge on any atom is -0.480 e. The van der Waals surface area contributed by atoms with Gasteiger partial charge < -0.3 is 15.6 Å². The molecule has 0 radical (unpaired) electrons. The van der Waals surface area contributed by atoms with Crippen LogP contribution in [0, 0.1) is 5.92 Å². The summed E-state index contributed by atoms with van der Waals surface area (Å²) in [4.78, 5) is 10.7. The predicted molar refractivity (Wildman–Crippen MR) is 48.4 cm³/mol. The SMILES string of the molecule is COC1CCCCC1C(N)C(=O)O. The van der Waals surface area contributed by atoms with Crippen molar-refractivity contribution >= 4 is 5.97 Å². The number of ether oxygens (including phenoxy) is 1. The number of nitrogens with two attached hydrogens (primary N) is 1. The maximum Gasteiger partial charge on any atom is 0.320 e. The van der Waals surface area contributed by atoms with Gasteiger partial charge in [0.05, 0.1) is 6.10 Å². The van der Waals surface area contributed by atoms with Gasteiger partial charge in [-0.05, 0) is 12.8 Å². The first-order valence-electron chi connectivity index (χ1n) is 4.68. The summed E-state index contributed by atoms with van der Waals surface area (Å²) in [5, 5.41) is 8.77. The average molecular weight is 187 g/mol. The molecule has 0 aliphatic heterocycles. The van der Waals surface area contributed by atoms with Gasteiger partial charge in [0.15, 0.2) is 0 Å². The Morgan fingerprint density at radius 3 is 2.69 bits per heavy atom. The first-order valence-corrected chi connectivity index (χ1v) is 4.68. The second-order valence-electron chi connectivity index (χ2n) is 3.59. The van der Waals surface area contributed by atoms with Crippen LogP contribution in [0.3, 0.4) is 0 Å². The molecule has 1 fully saturated rings. The number of carbonyl (C=O) groups is 1. The third-order valence-electron chi connectivity index (χ3n) is 2.80. The van der Waals surface area contributed by atoms with Gasteiger partial charge in [0.1, 0.15) is 6.04 Å². The zero-order valence-electron chi connectivity index (χ0n) is 7.90. The number of aliphatic carboxylic acids is 1. The summed E-state index contributed by atoms with van der Waals surface area (Å²) < 4.78 is 5.23. The van der Waals surface area contributed by atoms with Gasteiger partial charge >= 0.3 is 5.97 Å². The van der Waals surface area contributed by atoms with E-state index in [9.17, 15) is 4.79 Å². The zero-order valence-corrected chi connectivity index (χ0v) is 7.90. The van der Waals surface area contributed by atoms with Gasteiger partial charge in [0.2, 0.25) is 0 Å². The van der Waals surface area contributed by atoms with Crippen LogP contribution in [-0.4, -0.2) is 30.3 Å². The highest BCUT2D eigenvalue weighted by Crippen LogP contribution is 2.28. The number of rotatable bonds is 3. The summed E-state index contributed by atoms with van der Waals surface area (Å²) in [5.41, 5.74) is 5.58. The van der Waals surface area contributed by atoms with Crippen LogP contribution in [0.25, 0.3) is 0 Å². The summed E-state index contributed by atoms with van der Waals surface area (Å²) in [6.45, 7) is 0. The van der Waals surface area contributed by atoms with E-state index < -0.39 is 12.0 Å². The lowest BCUT2D eigenvalue weighted by molar-refractivity contribution is -0.142. The zero-order chi connectivity index (χ0) is 9.84. The van der Waals surface area contributed by atoms with Crippen molar-refractivity contribution < 1.29 is 14.6 Å². The molecule has 0 saturated heterocycles. The molecule has 1 aliphatic rings. The van der Waals surface area contributed by atoms with Crippen LogP contribution < -0.4 is 5.73 Å². The van der Waals surface area contributed by atoms with Gasteiger partial charge in [-0.1, -0.05) is 12.8 Å². The molecule has 0 aromatic carbocycles. The van der Waals surface area contributed by atoms with Gasteiger partial charge in [0.25, 0.3) is 0 Å². The van der Waals surface area contributed by atoms with Crippen LogP contribution >= 0.6 is 0 Å². The summed E-state index contributed by atoms with van der Waals surface area (Å²) >= 11 is 0. The van der Waals surface area contributed by atoms with Crippen molar-refractivity contribution in [3.63, 3.8) is 0 Å². The van der Waals surface area contributed by atoms with Crippen LogP contribution in [0.15, 0.2) is 0 Å². The molecule has 0 spiro atoms. The molecule has 0 bridgehead atoms. The highest BCUT2D eigenvalue weighted by molar-refractivity contribution is 5.73. The Morgan fingerprint density at radius 2 is 2.15 bits per heavy atom. The fourth-order valence-electron chi connectivity index (χ4n) is 2.01. The highest BCUT2D eigenvalue weighted by Gasteiger charge is 2.33. The van der Waals surface area contributed by atoms with Gasteiger partial charge in [-0.15, -0.1) is 0 Å². The minimum atomic E-state index is -0.922. The molecule has 1 rings (SSSR count). The minimum absolute atomic E-state index is 0.0174. The number of hydrogen-bond acceptors (Lipinski definition) is 3. The molecule has 13 heavy (non-hydrogen) atoms. The fraction of sp³-hybridized carbons (Fsp3) is 0.889. The van der Waals surface area contributed by atoms with Crippen molar-refractivity contribution in [2.75, 3.05) is 7.11 Å². The first kappa shape index (κ1) is 10.5. The van der Waals surface area contributed by atoms with Crippen LogP contribution in [0.5, 0.6) is 0 Å². The summed E-state index contributed by atoms with van der Waals surface area (Å²) in [5.74, 6) is -0.940. The highest BCUT2D eigenvalue weighted by atomic mass is 16.5. The van der Waals surface area contributed by atoms with E-state index >= 15 is 0 Å². The molecular formula is C9H17NO3. The Morgan fingerprint density at radius 1 is 1.54 bits per heavy atom. The monoisotopic (exact) mass is 187 g/mol. The lowest BCUT2D eigenvalue weighted by Crippen LogP contribution is -2.45. The van der Waals surface area contributed by atoms with E-state index in [4.69, 9.17) is 15.6 Å². The third-order valence-corrected chi connectivity index (χ3v) is 2.80. The molecule has 4 nitrogen and oxygen atoms in total. The molecular weight excluding hydrogens is 170 g/mol. The topological polar surface area (TPSA) is 72.5 Å². The molecule has 1 saturated carbocycles. The predicted octanol–water partition coefficient (Wildman–Crippen LogP) is 0.603. The number of carboxylic acid groups (broad SMARTS) is 1. The van der Waals surface area contributed by atoms with E-state index in [1.807, 2.05) is 0 Å². The Kier molecular flexibility index (Phi) is 3.69. The molecule has 0 amide bonds. The van der Waals surface area contributed by atoms with E-state index in [1.54, 1.807) is 7.11 Å². The average Bonchev–Trinajstić information content (AvgIpc) is 2.16. The number of hydrogen-bond donors (Lipinski definition) is 2. The second kappa shape index (κ2) is 4.58. The van der Waals surface area contributed by atoms with E-state index in [0.717, 1.165) is 25.7 Å². The Hall–Kier alpha value is -0.610. The maximum atomic E-state index is 10.7. The van der Waals surface area contributed by atoms with E-state index in [-0.39, 0.29) is 12.0 Å². The number of carboxylic acids is 1. The van der Waals surface area contributed by atoms with Gasteiger partial charge in [-0.3, -0.25) is 4.79 Å². The van der Waals surface area contributed by atoms with E-state index in [2.05, 4.69) is 0 Å². The molecule has 0 aromatic heterocycles. The molecule has 76 valence electrons. The summed E-state index contributed by atoms with van der Waals surface area (Å²) in [7, 11) is 1.62. The lowest BCUT2D eigenvalue weighted by atomic mass is 9.82. The second-order valence-corrected chi connectivity index (χ2v) is 3.59. The first-order chi connectivity index (χ1) is 6.16. The van der Waals surface area contributed by atoms with Crippen LogP contribution in [0.4, 0.5) is 0 Å². The van der Waals surface area contributed by atoms with Crippen LogP contribution in [0.2, 0.25) is 0 Å². The lowest BCUT2D eigenvalue weighted by Gasteiger charge is -2.32. The summed E-state index contributed by atoms with van der Waals surface area (Å²) in [6.07, 6.45) is 4.00. The largest absolute Gasteiger partial charge is 0.480 e. The fourth-order valence-corrected chi connectivity index (χ4v) is 2.01. The Bertz CT molecular complexity index is 184. The van der Waals surface area contributed by atoms with Crippen LogP contribution in [0.1, 0.15) is 25.7 Å². The van der Waals surface area contributed by atoms with E-state index in [1.165, 1.54) is 0 Å². The van der Waals surface area contributed by atoms with Gasteiger partial charge in [0, 0.05) is 13.0 Å². The molecule has 3 N–H and O–H groups in total. The molecule has 0 aromatic rings. The quantitative estimate of drug-likeness (QED) is 0.678. The normalized spacial score (nSPS) is 31.2. The van der Waals surface area contributed by atoms with Crippen molar-refractivity contribution in [1.29, 1.82) is 0 Å². The molecule has 1 aliphatic carbocycles. The Balaban J connectivity index is 2.58. The smallest absolute Gasteiger partial charge is 0.320 e. The van der Waals surface area contributed by atoms with Crippen LogP contribution in [-0.2, 0) is 9.53 Å². The molecule has 0 heterocycles. The van der Waals surface area contributed by atoms with Gasteiger partial charge in [-0.2, -0.15) is 0 Å². The molecule has 3 unspecified atom stereocenters. The van der Waals surface area contributed by atoms with Crippen molar-refractivity contribution in [3.8, 4) is 0 Å². The third kappa shape index (κ3) is 2.42. The summed E-state index contributed by atoms with van der Waals surface area (Å²) in [6, 6.07) is -0.773.